The Kier molecular flexibility index (Phi) is 3.34. The lowest BCUT2D eigenvalue weighted by molar-refractivity contribution is 1.00. The van der Waals surface area contributed by atoms with Crippen LogP contribution in [0.2, 0.25) is 0 Å². The van der Waals surface area contributed by atoms with Crippen molar-refractivity contribution in [3.8, 4) is 0 Å². The van der Waals surface area contributed by atoms with Gasteiger partial charge in [-0.2, -0.15) is 5.10 Å². The summed E-state index contributed by atoms with van der Waals surface area (Å²) in [6.07, 6.45) is 1.72. The second-order valence-corrected chi connectivity index (χ2v) is 2.57. The summed E-state index contributed by atoms with van der Waals surface area (Å²) in [6, 6.07) is 3.72. The first-order valence-corrected chi connectivity index (χ1v) is 4.62. The summed E-state index contributed by atoms with van der Waals surface area (Å²) in [6.45, 7) is 5.86. The molecule has 0 atom stereocenters. The van der Waals surface area contributed by atoms with Crippen molar-refractivity contribution < 1.29 is 0 Å². The van der Waals surface area contributed by atoms with Gasteiger partial charge < -0.3 is 5.73 Å². The summed E-state index contributed by atoms with van der Waals surface area (Å²) in [4.78, 5) is 4.16. The highest BCUT2D eigenvalue weighted by Crippen LogP contribution is 2.16. The van der Waals surface area contributed by atoms with Crippen LogP contribution in [0.3, 0.4) is 0 Å². The number of aromatic nitrogens is 3. The zero-order valence-electron chi connectivity index (χ0n) is 8.65. The highest BCUT2D eigenvalue weighted by Gasteiger charge is 2.02. The fourth-order valence-electron chi connectivity index (χ4n) is 1.13. The smallest absolute Gasteiger partial charge is 0.155 e. The van der Waals surface area contributed by atoms with Crippen LogP contribution in [0.25, 0.3) is 10.9 Å². The van der Waals surface area contributed by atoms with Gasteiger partial charge in [-0.25, -0.2) is 0 Å². The van der Waals surface area contributed by atoms with Gasteiger partial charge in [0.25, 0.3) is 0 Å². The average Bonchev–Trinajstić information content (AvgIpc) is 2.27. The Balaban J connectivity index is 0.000000461. The maximum Gasteiger partial charge on any atom is 0.155 e. The van der Waals surface area contributed by atoms with Gasteiger partial charge in [-0.15, -0.1) is 5.10 Å². The molecule has 2 aromatic rings. The zero-order valence-corrected chi connectivity index (χ0v) is 8.65. The molecule has 4 heteroatoms. The van der Waals surface area contributed by atoms with Gasteiger partial charge in [-0.05, 0) is 19.1 Å². The van der Waals surface area contributed by atoms with E-state index in [1.807, 2.05) is 32.9 Å². The highest BCUT2D eigenvalue weighted by atomic mass is 15.1. The summed E-state index contributed by atoms with van der Waals surface area (Å²) in [7, 11) is 0. The lowest BCUT2D eigenvalue weighted by atomic mass is 10.2. The van der Waals surface area contributed by atoms with E-state index in [1.165, 1.54) is 0 Å². The summed E-state index contributed by atoms with van der Waals surface area (Å²) in [5, 5.41) is 8.53. The number of nitrogen functional groups attached to an aromatic ring is 1. The van der Waals surface area contributed by atoms with Crippen LogP contribution in [0.4, 0.5) is 5.82 Å². The van der Waals surface area contributed by atoms with Crippen LogP contribution in [0.5, 0.6) is 0 Å². The fraction of sp³-hybridized carbons (Fsp3) is 0.300. The van der Waals surface area contributed by atoms with Crippen molar-refractivity contribution in [3.05, 3.63) is 24.0 Å². The molecule has 0 aromatic carbocycles. The predicted octanol–water partition coefficient (Wildman–Crippen LogP) is 1.94. The molecule has 0 aliphatic carbocycles. The third-order valence-corrected chi connectivity index (χ3v) is 1.73. The van der Waals surface area contributed by atoms with Crippen LogP contribution < -0.4 is 5.73 Å². The van der Waals surface area contributed by atoms with Crippen LogP contribution in [-0.4, -0.2) is 15.2 Å². The number of rotatable bonds is 0. The van der Waals surface area contributed by atoms with Crippen molar-refractivity contribution >= 4 is 16.7 Å². The van der Waals surface area contributed by atoms with Crippen molar-refractivity contribution in [1.82, 2.24) is 15.2 Å². The second kappa shape index (κ2) is 4.50. The van der Waals surface area contributed by atoms with E-state index in [0.29, 0.717) is 5.82 Å². The summed E-state index contributed by atoms with van der Waals surface area (Å²) >= 11 is 0. The molecule has 0 unspecified atom stereocenters. The Labute approximate surface area is 83.2 Å². The van der Waals surface area contributed by atoms with Crippen LogP contribution in [-0.2, 0) is 0 Å². The molecule has 2 aromatic heterocycles. The molecule has 4 nitrogen and oxygen atoms in total. The van der Waals surface area contributed by atoms with Gasteiger partial charge in [0.1, 0.15) is 0 Å². The molecule has 0 amide bonds. The van der Waals surface area contributed by atoms with Gasteiger partial charge >= 0.3 is 0 Å². The normalized spacial score (nSPS) is 9.36. The van der Waals surface area contributed by atoms with Crippen molar-refractivity contribution in [3.63, 3.8) is 0 Å². The van der Waals surface area contributed by atoms with Crippen LogP contribution in [0.1, 0.15) is 19.5 Å². The molecule has 14 heavy (non-hydrogen) atoms. The Morgan fingerprint density at radius 2 is 1.93 bits per heavy atom. The van der Waals surface area contributed by atoms with Gasteiger partial charge in [0.15, 0.2) is 5.82 Å². The molecular weight excluding hydrogens is 176 g/mol. The van der Waals surface area contributed by atoms with Gasteiger partial charge in [0.05, 0.1) is 11.2 Å². The molecule has 2 N–H and O–H groups in total. The van der Waals surface area contributed by atoms with E-state index < -0.39 is 0 Å². The number of nitrogens with zero attached hydrogens (tertiary/aromatic N) is 3. The van der Waals surface area contributed by atoms with E-state index in [-0.39, 0.29) is 0 Å². The average molecular weight is 190 g/mol. The van der Waals surface area contributed by atoms with Crippen LogP contribution >= 0.6 is 0 Å². The SMILES string of the molecule is CC.Cc1nnc(N)c2cccnc12. The third-order valence-electron chi connectivity index (χ3n) is 1.73. The first-order chi connectivity index (χ1) is 6.79. The molecule has 0 fully saturated rings. The first kappa shape index (κ1) is 10.4. The molecule has 0 bridgehead atoms. The maximum atomic E-state index is 5.61. The summed E-state index contributed by atoms with van der Waals surface area (Å²) in [5.41, 5.74) is 7.24. The number of fused-ring (bicyclic) bond motifs is 1. The van der Waals surface area contributed by atoms with Crippen molar-refractivity contribution in [1.29, 1.82) is 0 Å². The Morgan fingerprint density at radius 1 is 1.21 bits per heavy atom. The number of pyridine rings is 1. The maximum absolute atomic E-state index is 5.61. The molecule has 0 saturated carbocycles. The molecule has 0 radical (unpaired) electrons. The van der Waals surface area contributed by atoms with Gasteiger partial charge in [0, 0.05) is 11.6 Å². The monoisotopic (exact) mass is 190 g/mol. The molecule has 74 valence electrons. The van der Waals surface area contributed by atoms with Gasteiger partial charge in [-0.3, -0.25) is 4.98 Å². The van der Waals surface area contributed by atoms with Crippen molar-refractivity contribution in [2.75, 3.05) is 5.73 Å². The number of hydrogen-bond donors (Lipinski definition) is 1. The molecule has 0 spiro atoms. The van der Waals surface area contributed by atoms with Crippen LogP contribution in [0.15, 0.2) is 18.3 Å². The number of hydrogen-bond acceptors (Lipinski definition) is 4. The molecule has 0 aliphatic rings. The van der Waals surface area contributed by atoms with Crippen molar-refractivity contribution in [2.24, 2.45) is 0 Å². The number of anilines is 1. The number of nitrogens with two attached hydrogens (primary N) is 1. The minimum Gasteiger partial charge on any atom is -0.382 e. The zero-order chi connectivity index (χ0) is 10.6. The van der Waals surface area contributed by atoms with E-state index in [9.17, 15) is 0 Å². The fourth-order valence-corrected chi connectivity index (χ4v) is 1.13. The highest BCUT2D eigenvalue weighted by molar-refractivity contribution is 5.88. The molecular formula is C10H14N4. The molecule has 2 rings (SSSR count). The minimum absolute atomic E-state index is 0.434. The van der Waals surface area contributed by atoms with Gasteiger partial charge in [0.2, 0.25) is 0 Å². The van der Waals surface area contributed by atoms with Crippen LogP contribution in [0, 0.1) is 6.92 Å². The molecule has 0 aliphatic heterocycles. The summed E-state index contributed by atoms with van der Waals surface area (Å²) in [5.74, 6) is 0.434. The standard InChI is InChI=1S/C8H8N4.C2H6/c1-5-7-6(3-2-4-10-7)8(9)12-11-5;1-2/h2-4H,1H3,(H2,9,12);1-2H3. The quantitative estimate of drug-likeness (QED) is 0.689. The molecule has 2 heterocycles. The van der Waals surface area contributed by atoms with Crippen molar-refractivity contribution in [2.45, 2.75) is 20.8 Å². The lowest BCUT2D eigenvalue weighted by Crippen LogP contribution is -1.97. The first-order valence-electron chi connectivity index (χ1n) is 4.62. The minimum atomic E-state index is 0.434. The molecule has 0 saturated heterocycles. The third kappa shape index (κ3) is 1.79. The van der Waals surface area contributed by atoms with E-state index >= 15 is 0 Å². The lowest BCUT2D eigenvalue weighted by Gasteiger charge is -2.00. The Morgan fingerprint density at radius 3 is 2.57 bits per heavy atom. The number of aryl methyl sites for hydroxylation is 1. The second-order valence-electron chi connectivity index (χ2n) is 2.57. The van der Waals surface area contributed by atoms with Gasteiger partial charge in [-0.1, -0.05) is 13.8 Å². The Bertz CT molecular complexity index is 385. The van der Waals surface area contributed by atoms with E-state index in [1.54, 1.807) is 6.20 Å². The summed E-state index contributed by atoms with van der Waals surface area (Å²) < 4.78 is 0. The van der Waals surface area contributed by atoms with E-state index in [0.717, 1.165) is 16.6 Å². The predicted molar refractivity (Wildman–Crippen MR) is 57.8 cm³/mol. The van der Waals surface area contributed by atoms with E-state index in [4.69, 9.17) is 5.73 Å². The van der Waals surface area contributed by atoms with E-state index in [2.05, 4.69) is 15.2 Å². The largest absolute Gasteiger partial charge is 0.382 e. The Hall–Kier alpha value is -1.71. The topological polar surface area (TPSA) is 64.7 Å².